The Kier molecular flexibility index (Phi) is 6.18. The second kappa shape index (κ2) is 8.78. The van der Waals surface area contributed by atoms with Crippen LogP contribution in [0.2, 0.25) is 0 Å². The minimum atomic E-state index is -0.475. The van der Waals surface area contributed by atoms with E-state index in [1.807, 2.05) is 13.0 Å². The topological polar surface area (TPSA) is 104 Å². The highest BCUT2D eigenvalue weighted by atomic mass is 32.1. The van der Waals surface area contributed by atoms with Gasteiger partial charge in [0.25, 0.3) is 11.6 Å². The minimum absolute atomic E-state index is 0.0483. The summed E-state index contributed by atoms with van der Waals surface area (Å²) in [5.74, 6) is -0.781. The van der Waals surface area contributed by atoms with Crippen molar-refractivity contribution in [1.29, 1.82) is 0 Å². The molecule has 1 heterocycles. The summed E-state index contributed by atoms with van der Waals surface area (Å²) < 4.78 is 7.30. The fourth-order valence-electron chi connectivity index (χ4n) is 2.84. The summed E-state index contributed by atoms with van der Waals surface area (Å²) in [6.07, 6.45) is 0.0997. The molecule has 0 aliphatic heterocycles. The first-order valence-corrected chi connectivity index (χ1v) is 9.80. The van der Waals surface area contributed by atoms with Crippen molar-refractivity contribution in [2.75, 3.05) is 6.61 Å². The highest BCUT2D eigenvalue weighted by Gasteiger charge is 2.14. The molecular weight excluding hydrogens is 394 g/mol. The number of amides is 1. The third kappa shape index (κ3) is 4.75. The Morgan fingerprint density at radius 2 is 2.03 bits per heavy atom. The Balaban J connectivity index is 2.07. The molecule has 0 unspecified atom stereocenters. The van der Waals surface area contributed by atoms with E-state index >= 15 is 0 Å². The zero-order chi connectivity index (χ0) is 21.0. The largest absolute Gasteiger partial charge is 0.466 e. The number of esters is 1. The third-order valence-corrected chi connectivity index (χ3v) is 5.23. The molecule has 0 aliphatic carbocycles. The van der Waals surface area contributed by atoms with Crippen molar-refractivity contribution in [3.63, 3.8) is 0 Å². The average Bonchev–Trinajstić information content (AvgIpc) is 3.02. The van der Waals surface area contributed by atoms with Gasteiger partial charge < -0.3 is 9.30 Å². The van der Waals surface area contributed by atoms with E-state index in [-0.39, 0.29) is 31.2 Å². The van der Waals surface area contributed by atoms with Crippen LogP contribution in [0.25, 0.3) is 10.2 Å². The molecule has 0 N–H and O–H groups in total. The second-order valence-corrected chi connectivity index (χ2v) is 7.30. The predicted molar refractivity (Wildman–Crippen MR) is 109 cm³/mol. The summed E-state index contributed by atoms with van der Waals surface area (Å²) in [6.45, 7) is 4.14. The second-order valence-electron chi connectivity index (χ2n) is 6.29. The number of rotatable bonds is 6. The van der Waals surface area contributed by atoms with Crippen LogP contribution < -0.4 is 4.80 Å². The number of benzene rings is 2. The fourth-order valence-corrected chi connectivity index (χ4v) is 3.93. The number of carbonyl (C=O) groups excluding carboxylic acids is 2. The van der Waals surface area contributed by atoms with Crippen molar-refractivity contribution in [2.45, 2.75) is 26.8 Å². The maximum Gasteiger partial charge on any atom is 0.307 e. The first-order valence-electron chi connectivity index (χ1n) is 8.98. The van der Waals surface area contributed by atoms with Gasteiger partial charge in [-0.2, -0.15) is 4.99 Å². The minimum Gasteiger partial charge on any atom is -0.466 e. The van der Waals surface area contributed by atoms with Gasteiger partial charge in [0.15, 0.2) is 4.80 Å². The number of aromatic nitrogens is 1. The maximum atomic E-state index is 12.6. The molecule has 0 saturated carbocycles. The van der Waals surface area contributed by atoms with Gasteiger partial charge in [-0.25, -0.2) is 0 Å². The van der Waals surface area contributed by atoms with Gasteiger partial charge in [-0.15, -0.1) is 0 Å². The Morgan fingerprint density at radius 1 is 1.24 bits per heavy atom. The Labute approximate surface area is 170 Å². The van der Waals surface area contributed by atoms with Crippen LogP contribution in [0.4, 0.5) is 5.69 Å². The Bertz CT molecular complexity index is 1160. The zero-order valence-electron chi connectivity index (χ0n) is 16.0. The molecular formula is C20H19N3O5S. The van der Waals surface area contributed by atoms with Gasteiger partial charge in [-0.3, -0.25) is 19.7 Å². The Morgan fingerprint density at radius 3 is 2.72 bits per heavy atom. The smallest absolute Gasteiger partial charge is 0.307 e. The van der Waals surface area contributed by atoms with Crippen LogP contribution >= 0.6 is 11.3 Å². The highest BCUT2D eigenvalue weighted by molar-refractivity contribution is 7.16. The van der Waals surface area contributed by atoms with E-state index in [4.69, 9.17) is 4.74 Å². The Hall–Kier alpha value is -3.33. The zero-order valence-corrected chi connectivity index (χ0v) is 16.8. The van der Waals surface area contributed by atoms with Crippen LogP contribution in [-0.2, 0) is 16.1 Å². The first kappa shape index (κ1) is 20.4. The van der Waals surface area contributed by atoms with Gasteiger partial charge >= 0.3 is 5.97 Å². The van der Waals surface area contributed by atoms with E-state index in [9.17, 15) is 19.7 Å². The van der Waals surface area contributed by atoms with Gasteiger partial charge in [0.05, 0.1) is 28.2 Å². The maximum absolute atomic E-state index is 12.6. The number of thiazole rings is 1. The number of ether oxygens (including phenoxy) is 1. The van der Waals surface area contributed by atoms with Crippen molar-refractivity contribution in [3.8, 4) is 0 Å². The molecule has 0 aliphatic rings. The van der Waals surface area contributed by atoms with Crippen LogP contribution in [0.3, 0.4) is 0 Å². The van der Waals surface area contributed by atoms with Gasteiger partial charge in [0.1, 0.15) is 0 Å². The summed E-state index contributed by atoms with van der Waals surface area (Å²) >= 11 is 1.17. The number of aryl methyl sites for hydroxylation is 2. The molecule has 0 saturated heterocycles. The van der Waals surface area contributed by atoms with Gasteiger partial charge in [-0.05, 0) is 32.0 Å². The molecule has 3 aromatic rings. The summed E-state index contributed by atoms with van der Waals surface area (Å²) in [7, 11) is 0. The molecule has 150 valence electrons. The number of carbonyl (C=O) groups is 2. The molecule has 1 aromatic heterocycles. The molecule has 2 aromatic carbocycles. The number of nitro groups is 1. The number of fused-ring (bicyclic) bond motifs is 1. The molecule has 8 nitrogen and oxygen atoms in total. The van der Waals surface area contributed by atoms with Crippen molar-refractivity contribution in [3.05, 3.63) is 68.5 Å². The van der Waals surface area contributed by atoms with Crippen molar-refractivity contribution in [1.82, 2.24) is 4.57 Å². The summed E-state index contributed by atoms with van der Waals surface area (Å²) in [5.41, 5.74) is 2.01. The lowest BCUT2D eigenvalue weighted by Gasteiger charge is -2.05. The van der Waals surface area contributed by atoms with Gasteiger partial charge in [0.2, 0.25) is 0 Å². The molecule has 3 rings (SSSR count). The number of nitrogens with zero attached hydrogens (tertiary/aromatic N) is 3. The van der Waals surface area contributed by atoms with Gasteiger partial charge in [0, 0.05) is 24.2 Å². The molecule has 0 spiro atoms. The summed E-state index contributed by atoms with van der Waals surface area (Å²) in [6, 6.07) is 11.5. The lowest BCUT2D eigenvalue weighted by molar-refractivity contribution is -0.384. The van der Waals surface area contributed by atoms with E-state index in [0.29, 0.717) is 20.6 Å². The standard InChI is InChI=1S/C20H19N3O5S/c1-3-28-18(24)9-10-22-16-8-7-15(23(26)27)12-17(16)29-20(22)21-19(25)14-6-4-5-13(2)11-14/h4-8,11-12H,3,9-10H2,1-2H3. The van der Waals surface area contributed by atoms with Crippen molar-refractivity contribution < 1.29 is 19.2 Å². The van der Waals surface area contributed by atoms with Crippen molar-refractivity contribution in [2.24, 2.45) is 4.99 Å². The normalized spacial score (nSPS) is 11.6. The van der Waals surface area contributed by atoms with Crippen LogP contribution in [-0.4, -0.2) is 28.0 Å². The molecule has 1 amide bonds. The average molecular weight is 413 g/mol. The fraction of sp³-hybridized carbons (Fsp3) is 0.250. The first-order chi connectivity index (χ1) is 13.9. The lowest BCUT2D eigenvalue weighted by atomic mass is 10.1. The molecule has 0 radical (unpaired) electrons. The van der Waals surface area contributed by atoms with E-state index < -0.39 is 10.8 Å². The molecule has 0 atom stereocenters. The molecule has 0 fully saturated rings. The van der Waals surface area contributed by atoms with Crippen LogP contribution in [0.15, 0.2) is 47.5 Å². The predicted octanol–water partition coefficient (Wildman–Crippen LogP) is 3.61. The SMILES string of the molecule is CCOC(=O)CCn1c(=NC(=O)c2cccc(C)c2)sc2cc([N+](=O)[O-])ccc21. The molecule has 0 bridgehead atoms. The van der Waals surface area contributed by atoms with E-state index in [1.54, 1.807) is 35.8 Å². The number of hydrogen-bond acceptors (Lipinski definition) is 6. The monoisotopic (exact) mass is 413 g/mol. The molecule has 29 heavy (non-hydrogen) atoms. The number of nitro benzene ring substituents is 1. The van der Waals surface area contributed by atoms with E-state index in [2.05, 4.69) is 4.99 Å². The summed E-state index contributed by atoms with van der Waals surface area (Å²) in [4.78, 5) is 39.6. The van der Waals surface area contributed by atoms with Gasteiger partial charge in [-0.1, -0.05) is 29.0 Å². The van der Waals surface area contributed by atoms with Crippen LogP contribution in [0, 0.1) is 17.0 Å². The summed E-state index contributed by atoms with van der Waals surface area (Å²) in [5, 5.41) is 11.1. The number of hydrogen-bond donors (Lipinski definition) is 0. The van der Waals surface area contributed by atoms with Crippen molar-refractivity contribution >= 4 is 39.1 Å². The van der Waals surface area contributed by atoms with E-state index in [0.717, 1.165) is 5.56 Å². The third-order valence-electron chi connectivity index (χ3n) is 4.18. The quantitative estimate of drug-likeness (QED) is 0.349. The van der Waals surface area contributed by atoms with Crippen LogP contribution in [0.5, 0.6) is 0 Å². The lowest BCUT2D eigenvalue weighted by Crippen LogP contribution is -2.19. The van der Waals surface area contributed by atoms with E-state index in [1.165, 1.54) is 23.5 Å². The number of non-ortho nitro benzene ring substituents is 1. The highest BCUT2D eigenvalue weighted by Crippen LogP contribution is 2.23. The van der Waals surface area contributed by atoms with Crippen LogP contribution in [0.1, 0.15) is 29.3 Å². The molecule has 9 heteroatoms.